The zero-order chi connectivity index (χ0) is 16.9. The lowest BCUT2D eigenvalue weighted by atomic mass is 10.0. The Morgan fingerprint density at radius 2 is 2.00 bits per heavy atom. The maximum atomic E-state index is 9.31. The molecular weight excluding hydrogens is 302 g/mol. The number of anilines is 1. The predicted octanol–water partition coefficient (Wildman–Crippen LogP) is 2.90. The third-order valence-corrected chi connectivity index (χ3v) is 3.78. The van der Waals surface area contributed by atoms with E-state index in [2.05, 4.69) is 21.4 Å². The highest BCUT2D eigenvalue weighted by molar-refractivity contribution is 5.55. The topological polar surface area (TPSA) is 75.8 Å². The molecule has 0 aliphatic rings. The van der Waals surface area contributed by atoms with E-state index in [-0.39, 0.29) is 6.04 Å². The zero-order valence-electron chi connectivity index (χ0n) is 13.5. The zero-order valence-corrected chi connectivity index (χ0v) is 13.5. The van der Waals surface area contributed by atoms with E-state index in [1.165, 1.54) is 0 Å². The van der Waals surface area contributed by atoms with Crippen LogP contribution in [-0.2, 0) is 7.05 Å². The molecule has 0 radical (unpaired) electrons. The van der Waals surface area contributed by atoms with Crippen LogP contribution in [-0.4, -0.2) is 21.6 Å². The van der Waals surface area contributed by atoms with Crippen molar-refractivity contribution in [2.45, 2.75) is 6.04 Å². The number of pyridine rings is 1. The minimum atomic E-state index is -0.303. The maximum absolute atomic E-state index is 9.31. The number of rotatable bonds is 5. The lowest BCUT2D eigenvalue weighted by Gasteiger charge is -2.22. The van der Waals surface area contributed by atoms with Gasteiger partial charge in [-0.3, -0.25) is 0 Å². The molecule has 0 saturated carbocycles. The molecule has 0 spiro atoms. The summed E-state index contributed by atoms with van der Waals surface area (Å²) < 4.78 is 7.43. The van der Waals surface area contributed by atoms with Gasteiger partial charge in [-0.05, 0) is 18.2 Å². The fourth-order valence-electron chi connectivity index (χ4n) is 2.59. The van der Waals surface area contributed by atoms with E-state index in [1.54, 1.807) is 31.6 Å². The average molecular weight is 319 g/mol. The molecular formula is C18H17N5O. The van der Waals surface area contributed by atoms with Gasteiger partial charge >= 0.3 is 0 Å². The van der Waals surface area contributed by atoms with E-state index >= 15 is 0 Å². The summed E-state index contributed by atoms with van der Waals surface area (Å²) >= 11 is 0. The molecule has 3 rings (SSSR count). The first kappa shape index (κ1) is 15.6. The number of benzene rings is 1. The van der Waals surface area contributed by atoms with Crippen LogP contribution in [0.1, 0.15) is 23.0 Å². The number of nitrogens with one attached hydrogen (secondary N) is 1. The van der Waals surface area contributed by atoms with Crippen molar-refractivity contribution in [2.75, 3.05) is 12.4 Å². The Morgan fingerprint density at radius 1 is 1.17 bits per heavy atom. The highest BCUT2D eigenvalue weighted by Crippen LogP contribution is 2.32. The van der Waals surface area contributed by atoms with E-state index in [0.717, 1.165) is 17.1 Å². The van der Waals surface area contributed by atoms with Crippen molar-refractivity contribution in [3.05, 3.63) is 71.9 Å². The lowest BCUT2D eigenvalue weighted by molar-refractivity contribution is 0.408. The van der Waals surface area contributed by atoms with Gasteiger partial charge in [-0.15, -0.1) is 0 Å². The molecule has 0 bridgehead atoms. The number of hydrogen-bond donors (Lipinski definition) is 1. The van der Waals surface area contributed by atoms with Crippen LogP contribution in [0.15, 0.2) is 55.0 Å². The van der Waals surface area contributed by atoms with Crippen LogP contribution in [0.5, 0.6) is 5.75 Å². The quantitative estimate of drug-likeness (QED) is 0.782. The van der Waals surface area contributed by atoms with E-state index in [9.17, 15) is 5.26 Å². The first-order chi connectivity index (χ1) is 11.7. The van der Waals surface area contributed by atoms with Crippen molar-refractivity contribution in [1.29, 1.82) is 5.26 Å². The number of para-hydroxylation sites is 1. The van der Waals surface area contributed by atoms with Crippen LogP contribution in [0.4, 0.5) is 5.82 Å². The summed E-state index contributed by atoms with van der Waals surface area (Å²) in [6.07, 6.45) is 5.27. The normalized spacial score (nSPS) is 11.5. The van der Waals surface area contributed by atoms with E-state index in [1.807, 2.05) is 42.1 Å². The maximum Gasteiger partial charge on any atom is 0.144 e. The number of nitrogens with zero attached hydrogens (tertiary/aromatic N) is 4. The van der Waals surface area contributed by atoms with E-state index < -0.39 is 0 Å². The lowest BCUT2D eigenvalue weighted by Crippen LogP contribution is -2.18. The highest BCUT2D eigenvalue weighted by atomic mass is 16.5. The predicted molar refractivity (Wildman–Crippen MR) is 90.6 cm³/mol. The SMILES string of the molecule is COc1ccccc1C(Nc1ncccc1C#N)c1nccn1C. The third kappa shape index (κ3) is 2.92. The summed E-state index contributed by atoms with van der Waals surface area (Å²) in [5.41, 5.74) is 1.40. The number of ether oxygens (including phenoxy) is 1. The molecule has 0 aliphatic carbocycles. The van der Waals surface area contributed by atoms with Crippen molar-refractivity contribution in [3.8, 4) is 11.8 Å². The molecule has 1 aromatic carbocycles. The van der Waals surface area contributed by atoms with Crippen LogP contribution in [0, 0.1) is 11.3 Å². The summed E-state index contributed by atoms with van der Waals surface area (Å²) in [4.78, 5) is 8.75. The molecule has 2 heterocycles. The van der Waals surface area contributed by atoms with Crippen molar-refractivity contribution in [1.82, 2.24) is 14.5 Å². The number of methoxy groups -OCH3 is 1. The molecule has 24 heavy (non-hydrogen) atoms. The minimum Gasteiger partial charge on any atom is -0.496 e. The summed E-state index contributed by atoms with van der Waals surface area (Å²) in [5.74, 6) is 2.06. The minimum absolute atomic E-state index is 0.303. The second-order valence-electron chi connectivity index (χ2n) is 5.23. The molecule has 2 aromatic heterocycles. The van der Waals surface area contributed by atoms with Gasteiger partial charge in [0.05, 0.1) is 12.7 Å². The molecule has 1 unspecified atom stereocenters. The van der Waals surface area contributed by atoms with Crippen LogP contribution in [0.25, 0.3) is 0 Å². The van der Waals surface area contributed by atoms with Gasteiger partial charge in [-0.1, -0.05) is 18.2 Å². The molecule has 1 atom stereocenters. The first-order valence-corrected chi connectivity index (χ1v) is 7.46. The van der Waals surface area contributed by atoms with Crippen LogP contribution >= 0.6 is 0 Å². The smallest absolute Gasteiger partial charge is 0.144 e. The van der Waals surface area contributed by atoms with E-state index in [0.29, 0.717) is 11.4 Å². The number of aryl methyl sites for hydroxylation is 1. The van der Waals surface area contributed by atoms with Gasteiger partial charge in [0.15, 0.2) is 0 Å². The fraction of sp³-hybridized carbons (Fsp3) is 0.167. The molecule has 120 valence electrons. The molecule has 0 fully saturated rings. The Balaban J connectivity index is 2.10. The van der Waals surface area contributed by atoms with Gasteiger partial charge in [0.25, 0.3) is 0 Å². The molecule has 1 N–H and O–H groups in total. The largest absolute Gasteiger partial charge is 0.496 e. The van der Waals surface area contributed by atoms with Gasteiger partial charge in [-0.25, -0.2) is 9.97 Å². The summed E-state index contributed by atoms with van der Waals surface area (Å²) in [7, 11) is 3.56. The molecule has 0 amide bonds. The van der Waals surface area contributed by atoms with Gasteiger partial charge < -0.3 is 14.6 Å². The molecule has 0 aliphatic heterocycles. The van der Waals surface area contributed by atoms with Gasteiger partial charge in [0.1, 0.15) is 29.5 Å². The summed E-state index contributed by atoms with van der Waals surface area (Å²) in [6, 6.07) is 13.1. The summed E-state index contributed by atoms with van der Waals surface area (Å²) in [5, 5.41) is 12.6. The number of nitriles is 1. The molecule has 6 heteroatoms. The summed E-state index contributed by atoms with van der Waals surface area (Å²) in [6.45, 7) is 0. The number of imidazole rings is 1. The molecule has 0 saturated heterocycles. The van der Waals surface area contributed by atoms with Gasteiger partial charge in [0, 0.05) is 31.2 Å². The van der Waals surface area contributed by atoms with Crippen LogP contribution in [0.3, 0.4) is 0 Å². The number of aromatic nitrogens is 3. The van der Waals surface area contributed by atoms with Crippen molar-refractivity contribution in [3.63, 3.8) is 0 Å². The van der Waals surface area contributed by atoms with Gasteiger partial charge in [0.2, 0.25) is 0 Å². The van der Waals surface area contributed by atoms with Gasteiger partial charge in [-0.2, -0.15) is 5.26 Å². The fourth-order valence-corrected chi connectivity index (χ4v) is 2.59. The Kier molecular flexibility index (Phi) is 4.43. The second kappa shape index (κ2) is 6.84. The first-order valence-electron chi connectivity index (χ1n) is 7.46. The average Bonchev–Trinajstić information content (AvgIpc) is 3.05. The van der Waals surface area contributed by atoms with Crippen molar-refractivity contribution in [2.24, 2.45) is 7.05 Å². The van der Waals surface area contributed by atoms with Crippen molar-refractivity contribution >= 4 is 5.82 Å². The highest BCUT2D eigenvalue weighted by Gasteiger charge is 2.23. The molecule has 3 aromatic rings. The monoisotopic (exact) mass is 319 g/mol. The van der Waals surface area contributed by atoms with Crippen LogP contribution < -0.4 is 10.1 Å². The van der Waals surface area contributed by atoms with Crippen molar-refractivity contribution < 1.29 is 4.74 Å². The Morgan fingerprint density at radius 3 is 2.71 bits per heavy atom. The Labute approximate surface area is 140 Å². The van der Waals surface area contributed by atoms with Crippen LogP contribution in [0.2, 0.25) is 0 Å². The standard InChI is InChI=1S/C18H17N5O/c1-23-11-10-21-18(23)16(14-7-3-4-8-15(14)24-2)22-17-13(12-19)6-5-9-20-17/h3-11,16H,1-2H3,(H,20,22). The number of hydrogen-bond acceptors (Lipinski definition) is 5. The molecule has 6 nitrogen and oxygen atoms in total. The third-order valence-electron chi connectivity index (χ3n) is 3.78. The van der Waals surface area contributed by atoms with E-state index in [4.69, 9.17) is 4.74 Å². The Bertz CT molecular complexity index is 881. The Hall–Kier alpha value is -3.33. The second-order valence-corrected chi connectivity index (χ2v) is 5.23.